The van der Waals surface area contributed by atoms with Crippen molar-refractivity contribution >= 4 is 34.7 Å². The van der Waals surface area contributed by atoms with Crippen molar-refractivity contribution in [2.24, 2.45) is 0 Å². The predicted octanol–water partition coefficient (Wildman–Crippen LogP) is 8.25. The molecule has 2 N–H and O–H groups in total. The molecule has 8 aromatic rings. The highest BCUT2D eigenvalue weighted by Crippen LogP contribution is 2.38. The topological polar surface area (TPSA) is 135 Å². The molecule has 0 unspecified atom stereocenters. The summed E-state index contributed by atoms with van der Waals surface area (Å²) in [7, 11) is 0. The first-order valence-electron chi connectivity index (χ1n) is 17.7. The summed E-state index contributed by atoms with van der Waals surface area (Å²) in [5, 5.41) is 9.78. The average molecular weight is 808 g/mol. The highest BCUT2D eigenvalue weighted by molar-refractivity contribution is 6.09. The van der Waals surface area contributed by atoms with E-state index in [1.807, 2.05) is 6.92 Å². The molecule has 0 fully saturated rings. The van der Waals surface area contributed by atoms with E-state index in [2.05, 4.69) is 35.7 Å². The number of carbonyl (C=O) groups excluding carboxylic acids is 2. The summed E-state index contributed by atoms with van der Waals surface area (Å²) in [6.45, 7) is 5.00. The Morgan fingerprint density at radius 1 is 0.661 bits per heavy atom. The molecular weight excluding hydrogens is 779 g/mol. The third-order valence-corrected chi connectivity index (χ3v) is 9.45. The molecule has 0 aliphatic carbocycles. The minimum atomic E-state index is -4.68. The fraction of sp³-hybridized carbons (Fsp3) is 0.122. The van der Waals surface area contributed by atoms with E-state index < -0.39 is 35.3 Å². The summed E-state index contributed by atoms with van der Waals surface area (Å²) in [6, 6.07) is 19.1. The Kier molecular flexibility index (Phi) is 9.41. The predicted molar refractivity (Wildman–Crippen MR) is 203 cm³/mol. The van der Waals surface area contributed by atoms with Crippen molar-refractivity contribution < 1.29 is 40.6 Å². The molecule has 0 bridgehead atoms. The lowest BCUT2D eigenvalue weighted by Gasteiger charge is -2.12. The quantitative estimate of drug-likeness (QED) is 0.122. The second kappa shape index (κ2) is 14.5. The van der Waals surface area contributed by atoms with E-state index in [1.165, 1.54) is 82.2 Å². The number of aromatic nitrogens is 8. The van der Waals surface area contributed by atoms with Crippen LogP contribution in [0.3, 0.4) is 0 Å². The lowest BCUT2D eigenvalue weighted by molar-refractivity contribution is -0.673. The molecule has 0 atom stereocenters. The largest absolute Gasteiger partial charge is 0.417 e. The number of nitrogens with one attached hydrogen (secondary N) is 2. The van der Waals surface area contributed by atoms with E-state index in [0.717, 1.165) is 17.7 Å². The van der Waals surface area contributed by atoms with Crippen molar-refractivity contribution in [3.8, 4) is 28.2 Å². The minimum absolute atomic E-state index is 0.00105. The van der Waals surface area contributed by atoms with Gasteiger partial charge in [0.1, 0.15) is 17.2 Å². The molecule has 18 heteroatoms. The monoisotopic (exact) mass is 807 g/mol. The van der Waals surface area contributed by atoms with Crippen molar-refractivity contribution in [3.05, 3.63) is 149 Å². The van der Waals surface area contributed by atoms with Crippen LogP contribution in [0, 0.1) is 20.8 Å². The van der Waals surface area contributed by atoms with Crippen LogP contribution in [0.2, 0.25) is 0 Å². The molecule has 6 aromatic heterocycles. The Bertz CT molecular complexity index is 2960. The van der Waals surface area contributed by atoms with Gasteiger partial charge < -0.3 is 10.6 Å². The van der Waals surface area contributed by atoms with E-state index >= 15 is 0 Å². The van der Waals surface area contributed by atoms with Gasteiger partial charge in [-0.2, -0.15) is 31.4 Å². The molecule has 2 aromatic carbocycles. The Balaban J connectivity index is 1.20. The molecule has 296 valence electrons. The van der Waals surface area contributed by atoms with Gasteiger partial charge in [-0.05, 0) is 49.7 Å². The first kappa shape index (κ1) is 38.4. The normalized spacial score (nSPS) is 11.9. The smallest absolute Gasteiger partial charge is 0.306 e. The second-order valence-corrected chi connectivity index (χ2v) is 13.4. The van der Waals surface area contributed by atoms with Gasteiger partial charge in [0.15, 0.2) is 11.2 Å². The van der Waals surface area contributed by atoms with E-state index in [9.17, 15) is 35.9 Å². The number of alkyl halides is 6. The van der Waals surface area contributed by atoms with Gasteiger partial charge >= 0.3 is 12.4 Å². The Morgan fingerprint density at radius 3 is 1.88 bits per heavy atom. The van der Waals surface area contributed by atoms with Crippen LogP contribution in [0.25, 0.3) is 39.5 Å². The van der Waals surface area contributed by atoms with Crippen LogP contribution >= 0.6 is 0 Å². The zero-order valence-corrected chi connectivity index (χ0v) is 31.1. The van der Waals surface area contributed by atoms with Crippen molar-refractivity contribution in [2.45, 2.75) is 33.1 Å². The molecule has 0 aliphatic rings. The van der Waals surface area contributed by atoms with Gasteiger partial charge in [0.2, 0.25) is 17.0 Å². The molecule has 0 spiro atoms. The van der Waals surface area contributed by atoms with Crippen molar-refractivity contribution in [1.82, 2.24) is 34.1 Å². The lowest BCUT2D eigenvalue weighted by Crippen LogP contribution is -2.39. The Labute approximate surface area is 329 Å². The van der Waals surface area contributed by atoms with Crippen LogP contribution in [0.1, 0.15) is 48.8 Å². The number of aryl methyl sites for hydroxylation is 2. The summed E-state index contributed by atoms with van der Waals surface area (Å²) in [5.41, 5.74) is -0.432. The number of amides is 2. The fourth-order valence-electron chi connectivity index (χ4n) is 6.79. The number of hydrogen-bond donors (Lipinski definition) is 2. The Morgan fingerprint density at radius 2 is 1.25 bits per heavy atom. The average Bonchev–Trinajstić information content (AvgIpc) is 3.69. The molecule has 0 saturated carbocycles. The summed E-state index contributed by atoms with van der Waals surface area (Å²) in [4.78, 5) is 45.4. The molecule has 8 rings (SSSR count). The number of halogens is 6. The van der Waals surface area contributed by atoms with Crippen molar-refractivity contribution in [1.29, 1.82) is 0 Å². The summed E-state index contributed by atoms with van der Waals surface area (Å²) < 4.78 is 88.2. The number of hydrogen-bond acceptors (Lipinski definition) is 7. The highest BCUT2D eigenvalue weighted by Gasteiger charge is 2.36. The van der Waals surface area contributed by atoms with E-state index in [-0.39, 0.29) is 62.3 Å². The molecule has 2 amide bonds. The summed E-state index contributed by atoms with van der Waals surface area (Å²) in [6.07, 6.45) is -3.50. The van der Waals surface area contributed by atoms with Gasteiger partial charge in [-0.1, -0.05) is 47.1 Å². The fourth-order valence-corrected chi connectivity index (χ4v) is 6.79. The number of nitrogens with zero attached hydrogens (tertiary/aromatic N) is 8. The number of rotatable bonds is 7. The number of pyridine rings is 2. The first-order chi connectivity index (χ1) is 28.1. The van der Waals surface area contributed by atoms with Crippen LogP contribution in [0.5, 0.6) is 0 Å². The van der Waals surface area contributed by atoms with Gasteiger partial charge in [0, 0.05) is 42.7 Å². The van der Waals surface area contributed by atoms with Gasteiger partial charge in [-0.15, -0.1) is 4.52 Å². The van der Waals surface area contributed by atoms with Crippen LogP contribution in [-0.4, -0.2) is 45.9 Å². The lowest BCUT2D eigenvalue weighted by atomic mass is 10.0. The molecule has 59 heavy (non-hydrogen) atoms. The molecular formula is C41H29F6N10O2+. The summed E-state index contributed by atoms with van der Waals surface area (Å²) in [5.74, 6) is -1.09. The molecule has 0 saturated heterocycles. The molecule has 0 aliphatic heterocycles. The van der Waals surface area contributed by atoms with Gasteiger partial charge in [0.05, 0.1) is 40.5 Å². The van der Waals surface area contributed by atoms with E-state index in [1.54, 1.807) is 42.9 Å². The van der Waals surface area contributed by atoms with Crippen LogP contribution < -0.4 is 15.3 Å². The van der Waals surface area contributed by atoms with Crippen molar-refractivity contribution in [3.63, 3.8) is 0 Å². The molecule has 12 nitrogen and oxygen atoms in total. The summed E-state index contributed by atoms with van der Waals surface area (Å²) >= 11 is 0. The SMILES string of the molecule is Cc1ccc(NC(=O)c2c(C)[n+](-c3ccnc(NC(=O)c4c(C)nn5ccc(-c6ccccc6C(F)(F)F)nc45)c3)n3ccc(-c4ccccc4C(F)(F)F)nc23)nc1. The maximum absolute atomic E-state index is 14.1. The number of benzene rings is 2. The highest BCUT2D eigenvalue weighted by atomic mass is 19.4. The number of anilines is 2. The van der Waals surface area contributed by atoms with Crippen LogP contribution in [-0.2, 0) is 12.4 Å². The van der Waals surface area contributed by atoms with Gasteiger partial charge in [-0.25, -0.2) is 24.5 Å². The van der Waals surface area contributed by atoms with Crippen LogP contribution in [0.4, 0.5) is 38.0 Å². The minimum Gasteiger partial charge on any atom is -0.306 e. The van der Waals surface area contributed by atoms with Crippen molar-refractivity contribution in [2.75, 3.05) is 10.6 Å². The molecule has 6 heterocycles. The zero-order valence-electron chi connectivity index (χ0n) is 31.1. The van der Waals surface area contributed by atoms with Gasteiger partial charge in [0.25, 0.3) is 11.8 Å². The third kappa shape index (κ3) is 7.19. The third-order valence-electron chi connectivity index (χ3n) is 9.45. The maximum atomic E-state index is 14.1. The number of fused-ring (bicyclic) bond motifs is 2. The van der Waals surface area contributed by atoms with E-state index in [4.69, 9.17) is 0 Å². The second-order valence-electron chi connectivity index (χ2n) is 13.4. The maximum Gasteiger partial charge on any atom is 0.417 e. The number of carbonyl (C=O) groups is 2. The zero-order chi connectivity index (χ0) is 41.8. The van der Waals surface area contributed by atoms with E-state index in [0.29, 0.717) is 11.4 Å². The Hall–Kier alpha value is -7.50. The van der Waals surface area contributed by atoms with Crippen LogP contribution in [0.15, 0.2) is 110 Å². The molecule has 0 radical (unpaired) electrons. The standard InChI is InChI=1S/C41H28F6N10O2/c1-22-12-13-32(49-21-22)52-39(59)35-24(3)57(56-19-16-31(51-37(35)56)27-9-5-7-11-29(27)41(45,46)47)25-14-17-48-33(20-25)53-38(58)34-23(2)54-55-18-15-30(50-36(34)55)26-8-4-6-10-28(26)40(42,43)44/h4-21H,1-3H3,(H-,48,49,52,53,58,59)/p+1. The first-order valence-corrected chi connectivity index (χ1v) is 17.7. The van der Waals surface area contributed by atoms with Gasteiger partial charge in [-0.3, -0.25) is 9.59 Å².